The second-order valence-corrected chi connectivity index (χ2v) is 2.78. The van der Waals surface area contributed by atoms with Crippen LogP contribution in [0.15, 0.2) is 24.3 Å². The number of anilines is 2. The van der Waals surface area contributed by atoms with E-state index in [1.807, 2.05) is 12.1 Å². The maximum atomic E-state index is 11.0. The molecule has 0 bridgehead atoms. The Morgan fingerprint density at radius 2 is 2.07 bits per heavy atom. The van der Waals surface area contributed by atoms with Crippen molar-refractivity contribution in [3.63, 3.8) is 0 Å². The van der Waals surface area contributed by atoms with Crippen molar-refractivity contribution in [1.82, 2.24) is 0 Å². The molecule has 14 heavy (non-hydrogen) atoms. The lowest BCUT2D eigenvalue weighted by Gasteiger charge is -2.05. The fourth-order valence-corrected chi connectivity index (χ4v) is 0.987. The van der Waals surface area contributed by atoms with Crippen LogP contribution in [0.2, 0.25) is 0 Å². The van der Waals surface area contributed by atoms with Crippen LogP contribution in [0.3, 0.4) is 0 Å². The second kappa shape index (κ2) is 5.11. The molecule has 0 aliphatic heterocycles. The number of ether oxygens (including phenoxy) is 1. The Labute approximate surface area is 83.1 Å². The lowest BCUT2D eigenvalue weighted by atomic mass is 10.3. The number of benzene rings is 1. The Balaban J connectivity index is 2.38. The summed E-state index contributed by atoms with van der Waals surface area (Å²) in [6, 6.07) is 7.17. The predicted molar refractivity (Wildman–Crippen MR) is 56.0 cm³/mol. The minimum atomic E-state index is -0.260. The van der Waals surface area contributed by atoms with Gasteiger partial charge in [-0.25, -0.2) is 0 Å². The zero-order chi connectivity index (χ0) is 10.4. The molecule has 0 spiro atoms. The molecule has 0 atom stereocenters. The van der Waals surface area contributed by atoms with Crippen molar-refractivity contribution in [2.45, 2.75) is 6.92 Å². The van der Waals surface area contributed by atoms with E-state index in [9.17, 15) is 4.79 Å². The number of nitrogen functional groups attached to an aromatic ring is 1. The molecule has 0 saturated carbocycles. The van der Waals surface area contributed by atoms with Gasteiger partial charge in [-0.15, -0.1) is 0 Å². The van der Waals surface area contributed by atoms with Crippen molar-refractivity contribution in [3.8, 4) is 0 Å². The van der Waals surface area contributed by atoms with E-state index in [1.54, 1.807) is 19.1 Å². The molecule has 0 aliphatic rings. The van der Waals surface area contributed by atoms with Crippen LogP contribution in [0.5, 0.6) is 0 Å². The summed E-state index contributed by atoms with van der Waals surface area (Å²) in [4.78, 5) is 11.0. The van der Waals surface area contributed by atoms with Crippen molar-refractivity contribution in [1.29, 1.82) is 0 Å². The summed E-state index contributed by atoms with van der Waals surface area (Å²) in [7, 11) is 0. The molecule has 0 aliphatic carbocycles. The van der Waals surface area contributed by atoms with Gasteiger partial charge < -0.3 is 15.8 Å². The van der Waals surface area contributed by atoms with E-state index in [4.69, 9.17) is 10.5 Å². The number of nitrogens with two attached hydrogens (primary N) is 1. The molecule has 1 rings (SSSR count). The van der Waals surface area contributed by atoms with Crippen molar-refractivity contribution in [3.05, 3.63) is 24.3 Å². The highest BCUT2D eigenvalue weighted by molar-refractivity contribution is 5.75. The van der Waals surface area contributed by atoms with Crippen molar-refractivity contribution >= 4 is 17.3 Å². The van der Waals surface area contributed by atoms with Gasteiger partial charge in [0.15, 0.2) is 0 Å². The molecular weight excluding hydrogens is 180 g/mol. The summed E-state index contributed by atoms with van der Waals surface area (Å²) in [6.07, 6.45) is 0. The van der Waals surface area contributed by atoms with Gasteiger partial charge in [0.1, 0.15) is 6.54 Å². The first kappa shape index (κ1) is 10.4. The van der Waals surface area contributed by atoms with Crippen LogP contribution < -0.4 is 11.1 Å². The summed E-state index contributed by atoms with van der Waals surface area (Å²) in [5.74, 6) is -0.260. The zero-order valence-electron chi connectivity index (χ0n) is 8.12. The Morgan fingerprint density at radius 3 is 2.64 bits per heavy atom. The first-order valence-corrected chi connectivity index (χ1v) is 4.47. The zero-order valence-corrected chi connectivity index (χ0v) is 8.12. The number of esters is 1. The molecule has 0 amide bonds. The van der Waals surface area contributed by atoms with Gasteiger partial charge in [-0.1, -0.05) is 0 Å². The molecular formula is C10H14N2O2. The topological polar surface area (TPSA) is 64.3 Å². The minimum absolute atomic E-state index is 0.178. The molecule has 0 saturated heterocycles. The van der Waals surface area contributed by atoms with E-state index >= 15 is 0 Å². The highest BCUT2D eigenvalue weighted by Gasteiger charge is 2.00. The Kier molecular flexibility index (Phi) is 3.79. The van der Waals surface area contributed by atoms with Gasteiger partial charge in [0.25, 0.3) is 0 Å². The maximum Gasteiger partial charge on any atom is 0.325 e. The highest BCUT2D eigenvalue weighted by atomic mass is 16.5. The van der Waals surface area contributed by atoms with Gasteiger partial charge in [0, 0.05) is 11.4 Å². The lowest BCUT2D eigenvalue weighted by molar-refractivity contribution is -0.140. The molecule has 4 nitrogen and oxygen atoms in total. The number of hydrogen-bond acceptors (Lipinski definition) is 4. The predicted octanol–water partition coefficient (Wildman–Crippen LogP) is 1.24. The van der Waals surface area contributed by atoms with E-state index < -0.39 is 0 Å². The van der Waals surface area contributed by atoms with Crippen LogP contribution in [-0.2, 0) is 9.53 Å². The second-order valence-electron chi connectivity index (χ2n) is 2.78. The van der Waals surface area contributed by atoms with Gasteiger partial charge in [-0.3, -0.25) is 4.79 Å². The third-order valence-electron chi connectivity index (χ3n) is 1.65. The molecule has 76 valence electrons. The summed E-state index contributed by atoms with van der Waals surface area (Å²) < 4.78 is 4.76. The van der Waals surface area contributed by atoms with Crippen molar-refractivity contribution in [2.24, 2.45) is 0 Å². The average molecular weight is 194 g/mol. The normalized spacial score (nSPS) is 9.50. The number of nitrogens with one attached hydrogen (secondary N) is 1. The third-order valence-corrected chi connectivity index (χ3v) is 1.65. The van der Waals surface area contributed by atoms with E-state index in [0.29, 0.717) is 12.3 Å². The number of carbonyl (C=O) groups excluding carboxylic acids is 1. The van der Waals surface area contributed by atoms with Gasteiger partial charge in [0.2, 0.25) is 0 Å². The van der Waals surface area contributed by atoms with E-state index in [2.05, 4.69) is 5.32 Å². The van der Waals surface area contributed by atoms with Crippen molar-refractivity contribution < 1.29 is 9.53 Å². The molecule has 0 radical (unpaired) electrons. The SMILES string of the molecule is CCOC(=O)CNc1ccc(N)cc1. The van der Waals surface area contributed by atoms with Crippen LogP contribution in [0.1, 0.15) is 6.92 Å². The molecule has 0 unspecified atom stereocenters. The first-order valence-electron chi connectivity index (χ1n) is 4.47. The van der Waals surface area contributed by atoms with E-state index in [-0.39, 0.29) is 12.5 Å². The van der Waals surface area contributed by atoms with Crippen molar-refractivity contribution in [2.75, 3.05) is 24.2 Å². The van der Waals surface area contributed by atoms with Gasteiger partial charge in [0.05, 0.1) is 6.61 Å². The largest absolute Gasteiger partial charge is 0.465 e. The standard InChI is InChI=1S/C10H14N2O2/c1-2-14-10(13)7-12-9-5-3-8(11)4-6-9/h3-6,12H,2,7,11H2,1H3. The highest BCUT2D eigenvalue weighted by Crippen LogP contribution is 2.09. The van der Waals surface area contributed by atoms with E-state index in [0.717, 1.165) is 5.69 Å². The average Bonchev–Trinajstić information content (AvgIpc) is 2.17. The summed E-state index contributed by atoms with van der Waals surface area (Å²) in [5, 5.41) is 2.93. The van der Waals surface area contributed by atoms with Gasteiger partial charge in [-0.2, -0.15) is 0 Å². The fourth-order valence-electron chi connectivity index (χ4n) is 0.987. The van der Waals surface area contributed by atoms with Crippen LogP contribution in [-0.4, -0.2) is 19.1 Å². The Bertz CT molecular complexity index is 295. The molecule has 1 aromatic carbocycles. The van der Waals surface area contributed by atoms with Crippen LogP contribution in [0.4, 0.5) is 11.4 Å². The Morgan fingerprint density at radius 1 is 1.43 bits per heavy atom. The molecule has 0 aromatic heterocycles. The first-order chi connectivity index (χ1) is 6.72. The minimum Gasteiger partial charge on any atom is -0.465 e. The molecule has 1 aromatic rings. The fraction of sp³-hybridized carbons (Fsp3) is 0.300. The number of hydrogen-bond donors (Lipinski definition) is 2. The lowest BCUT2D eigenvalue weighted by Crippen LogP contribution is -2.16. The molecule has 0 fully saturated rings. The monoisotopic (exact) mass is 194 g/mol. The molecule has 4 heteroatoms. The summed E-state index contributed by atoms with van der Waals surface area (Å²) >= 11 is 0. The summed E-state index contributed by atoms with van der Waals surface area (Å²) in [5.41, 5.74) is 7.07. The number of carbonyl (C=O) groups is 1. The van der Waals surface area contributed by atoms with Gasteiger partial charge in [-0.05, 0) is 31.2 Å². The third kappa shape index (κ3) is 3.35. The van der Waals surface area contributed by atoms with Crippen LogP contribution >= 0.6 is 0 Å². The quantitative estimate of drug-likeness (QED) is 0.559. The molecule has 0 heterocycles. The number of rotatable bonds is 4. The Hall–Kier alpha value is -1.71. The van der Waals surface area contributed by atoms with Crippen LogP contribution in [0, 0.1) is 0 Å². The van der Waals surface area contributed by atoms with Gasteiger partial charge >= 0.3 is 5.97 Å². The summed E-state index contributed by atoms with van der Waals surface area (Å²) in [6.45, 7) is 2.36. The molecule has 3 N–H and O–H groups in total. The van der Waals surface area contributed by atoms with Crippen LogP contribution in [0.25, 0.3) is 0 Å². The van der Waals surface area contributed by atoms with E-state index in [1.165, 1.54) is 0 Å². The maximum absolute atomic E-state index is 11.0. The smallest absolute Gasteiger partial charge is 0.325 e.